The van der Waals surface area contributed by atoms with E-state index in [0.717, 1.165) is 0 Å². The normalized spacial score (nSPS) is 10.7. The van der Waals surface area contributed by atoms with Crippen LogP contribution in [0.3, 0.4) is 0 Å². The Balaban J connectivity index is 2.91. The van der Waals surface area contributed by atoms with Crippen LogP contribution in [0, 0.1) is 26.1 Å². The van der Waals surface area contributed by atoms with E-state index in [1.807, 2.05) is 28.7 Å². The van der Waals surface area contributed by atoms with Gasteiger partial charge in [-0.05, 0) is 54.6 Å². The zero-order valence-electron chi connectivity index (χ0n) is 8.84. The Morgan fingerprint density at radius 3 is 2.69 bits per heavy atom. The first-order chi connectivity index (χ1) is 7.36. The second-order valence-electron chi connectivity index (χ2n) is 3.82. The first kappa shape index (κ1) is 12.9. The third kappa shape index (κ3) is 2.92. The molecule has 0 atom stereocenters. The van der Waals surface area contributed by atoms with E-state index in [9.17, 15) is 9.18 Å². The molecule has 0 saturated heterocycles. The van der Waals surface area contributed by atoms with Gasteiger partial charge in [-0.15, -0.1) is 0 Å². The molecule has 0 aliphatic rings. The van der Waals surface area contributed by atoms with E-state index in [1.165, 1.54) is 32.0 Å². The second kappa shape index (κ2) is 4.78. The molecule has 0 spiro atoms. The summed E-state index contributed by atoms with van der Waals surface area (Å²) in [7, 11) is 0. The van der Waals surface area contributed by atoms with E-state index in [1.54, 1.807) is 0 Å². The Morgan fingerprint density at radius 2 is 2.19 bits per heavy atom. The van der Waals surface area contributed by atoms with Crippen LogP contribution in [0.5, 0.6) is 0 Å². The lowest BCUT2D eigenvalue weighted by molar-refractivity contribution is -0.121. The highest BCUT2D eigenvalue weighted by atomic mass is 127. The van der Waals surface area contributed by atoms with Gasteiger partial charge in [0, 0.05) is 3.57 Å². The number of benzene rings is 1. The number of carbonyl (C=O) groups excluding carboxylic acids is 1. The summed E-state index contributed by atoms with van der Waals surface area (Å²) in [4.78, 5) is 11.7. The molecule has 0 bridgehead atoms. The van der Waals surface area contributed by atoms with Gasteiger partial charge in [-0.1, -0.05) is 0 Å². The van der Waals surface area contributed by atoms with Gasteiger partial charge >= 0.3 is 0 Å². The second-order valence-corrected chi connectivity index (χ2v) is 4.98. The summed E-state index contributed by atoms with van der Waals surface area (Å²) in [5, 5.41) is 11.4. The van der Waals surface area contributed by atoms with Crippen molar-refractivity contribution >= 4 is 34.2 Å². The molecule has 0 aromatic heterocycles. The summed E-state index contributed by atoms with van der Waals surface area (Å²) in [6.45, 7) is 3.05. The van der Waals surface area contributed by atoms with Gasteiger partial charge in [0.05, 0.1) is 11.8 Å². The fraction of sp³-hybridized carbons (Fsp3) is 0.273. The van der Waals surface area contributed by atoms with Gasteiger partial charge in [-0.3, -0.25) is 4.79 Å². The summed E-state index contributed by atoms with van der Waals surface area (Å²) in [6.07, 6.45) is 0. The molecular weight excluding hydrogens is 322 g/mol. The fourth-order valence-corrected chi connectivity index (χ4v) is 1.53. The monoisotopic (exact) mass is 332 g/mol. The Kier molecular flexibility index (Phi) is 3.86. The maximum atomic E-state index is 12.8. The van der Waals surface area contributed by atoms with Crippen molar-refractivity contribution in [3.8, 4) is 6.07 Å². The van der Waals surface area contributed by atoms with Crippen LogP contribution in [0.15, 0.2) is 18.2 Å². The van der Waals surface area contributed by atoms with Crippen LogP contribution < -0.4 is 5.32 Å². The summed E-state index contributed by atoms with van der Waals surface area (Å²) >= 11 is 1.92. The molecule has 1 amide bonds. The summed E-state index contributed by atoms with van der Waals surface area (Å²) in [6, 6.07) is 5.95. The van der Waals surface area contributed by atoms with Crippen LogP contribution >= 0.6 is 22.6 Å². The van der Waals surface area contributed by atoms with Gasteiger partial charge < -0.3 is 5.32 Å². The van der Waals surface area contributed by atoms with E-state index >= 15 is 0 Å². The molecule has 84 valence electrons. The number of anilines is 1. The van der Waals surface area contributed by atoms with Crippen molar-refractivity contribution in [2.45, 2.75) is 13.8 Å². The van der Waals surface area contributed by atoms with Crippen LogP contribution in [0.4, 0.5) is 10.1 Å². The van der Waals surface area contributed by atoms with E-state index in [-0.39, 0.29) is 5.82 Å². The van der Waals surface area contributed by atoms with Crippen molar-refractivity contribution in [1.82, 2.24) is 0 Å². The summed E-state index contributed by atoms with van der Waals surface area (Å²) < 4.78 is 13.4. The molecule has 0 fully saturated rings. The number of hydrogen-bond donors (Lipinski definition) is 1. The van der Waals surface area contributed by atoms with Gasteiger partial charge in [-0.2, -0.15) is 5.26 Å². The lowest BCUT2D eigenvalue weighted by Gasteiger charge is -2.15. The molecule has 3 nitrogen and oxygen atoms in total. The number of rotatable bonds is 2. The van der Waals surface area contributed by atoms with Gasteiger partial charge in [0.25, 0.3) is 0 Å². The average Bonchev–Trinajstić information content (AvgIpc) is 2.22. The third-order valence-corrected chi connectivity index (χ3v) is 2.92. The molecule has 1 N–H and O–H groups in total. The summed E-state index contributed by atoms with van der Waals surface area (Å²) in [5.41, 5.74) is -0.590. The Labute approximate surface area is 107 Å². The first-order valence-corrected chi connectivity index (χ1v) is 5.62. The minimum atomic E-state index is -1.10. The highest BCUT2D eigenvalue weighted by Crippen LogP contribution is 2.22. The molecule has 1 aromatic carbocycles. The summed E-state index contributed by atoms with van der Waals surface area (Å²) in [5.74, 6) is -0.763. The van der Waals surface area contributed by atoms with Crippen LogP contribution in [0.2, 0.25) is 0 Å². The Hall–Kier alpha value is -1.16. The van der Waals surface area contributed by atoms with Crippen molar-refractivity contribution in [1.29, 1.82) is 5.26 Å². The SMILES string of the molecule is CC(C)(C#N)C(=O)Nc1ccc(F)cc1I. The predicted molar refractivity (Wildman–Crippen MR) is 67.1 cm³/mol. The van der Waals surface area contributed by atoms with Gasteiger partial charge in [0.15, 0.2) is 0 Å². The number of hydrogen-bond acceptors (Lipinski definition) is 2. The highest BCUT2D eigenvalue weighted by Gasteiger charge is 2.27. The minimum absolute atomic E-state index is 0.359. The molecule has 0 aliphatic carbocycles. The number of halogens is 2. The lowest BCUT2D eigenvalue weighted by atomic mass is 9.95. The molecule has 0 radical (unpaired) electrons. The number of carbonyl (C=O) groups is 1. The molecule has 16 heavy (non-hydrogen) atoms. The molecule has 0 unspecified atom stereocenters. The average molecular weight is 332 g/mol. The van der Waals surface area contributed by atoms with Gasteiger partial charge in [0.1, 0.15) is 11.2 Å². The van der Waals surface area contributed by atoms with Crippen molar-refractivity contribution in [2.24, 2.45) is 5.41 Å². The Morgan fingerprint density at radius 1 is 1.56 bits per heavy atom. The van der Waals surface area contributed by atoms with Crippen LogP contribution in [0.25, 0.3) is 0 Å². The molecule has 0 aliphatic heterocycles. The highest BCUT2D eigenvalue weighted by molar-refractivity contribution is 14.1. The van der Waals surface area contributed by atoms with E-state index in [4.69, 9.17) is 5.26 Å². The molecule has 1 rings (SSSR count). The lowest BCUT2D eigenvalue weighted by Crippen LogP contribution is -2.29. The van der Waals surface area contributed by atoms with Crippen LogP contribution in [-0.4, -0.2) is 5.91 Å². The predicted octanol–water partition coefficient (Wildman–Crippen LogP) is 2.92. The van der Waals surface area contributed by atoms with E-state index in [2.05, 4.69) is 5.32 Å². The smallest absolute Gasteiger partial charge is 0.244 e. The topological polar surface area (TPSA) is 52.9 Å². The number of amides is 1. The number of nitriles is 1. The van der Waals surface area contributed by atoms with Crippen molar-refractivity contribution in [3.05, 3.63) is 27.6 Å². The number of nitrogens with one attached hydrogen (secondary N) is 1. The molecule has 5 heteroatoms. The largest absolute Gasteiger partial charge is 0.324 e. The van der Waals surface area contributed by atoms with Crippen molar-refractivity contribution < 1.29 is 9.18 Å². The van der Waals surface area contributed by atoms with Crippen LogP contribution in [0.1, 0.15) is 13.8 Å². The fourth-order valence-electron chi connectivity index (χ4n) is 0.920. The molecule has 0 heterocycles. The maximum Gasteiger partial charge on any atom is 0.244 e. The zero-order valence-corrected chi connectivity index (χ0v) is 11.0. The van der Waals surface area contributed by atoms with E-state index < -0.39 is 11.3 Å². The van der Waals surface area contributed by atoms with Crippen molar-refractivity contribution in [2.75, 3.05) is 5.32 Å². The van der Waals surface area contributed by atoms with Gasteiger partial charge in [-0.25, -0.2) is 4.39 Å². The standard InChI is InChI=1S/C11H10FIN2O/c1-11(2,6-14)10(16)15-9-4-3-7(12)5-8(9)13/h3-5H,1-2H3,(H,15,16). The maximum absolute atomic E-state index is 12.8. The van der Waals surface area contributed by atoms with Crippen molar-refractivity contribution in [3.63, 3.8) is 0 Å². The third-order valence-electron chi connectivity index (χ3n) is 2.03. The Bertz CT molecular complexity index is 466. The molecular formula is C11H10FIN2O. The number of nitrogens with zero attached hydrogens (tertiary/aromatic N) is 1. The zero-order chi connectivity index (χ0) is 12.3. The first-order valence-electron chi connectivity index (χ1n) is 4.54. The molecule has 0 saturated carbocycles. The quantitative estimate of drug-likeness (QED) is 0.847. The van der Waals surface area contributed by atoms with Crippen LogP contribution in [-0.2, 0) is 4.79 Å². The van der Waals surface area contributed by atoms with Gasteiger partial charge in [0.2, 0.25) is 5.91 Å². The molecule has 1 aromatic rings. The minimum Gasteiger partial charge on any atom is -0.324 e. The van der Waals surface area contributed by atoms with E-state index in [0.29, 0.717) is 9.26 Å².